The molecule has 0 heterocycles. The van der Waals surface area contributed by atoms with Crippen LogP contribution in [0.4, 0.5) is 0 Å². The molecule has 0 N–H and O–H groups in total. The third kappa shape index (κ3) is 1.74. The van der Waals surface area contributed by atoms with Crippen LogP contribution in [-0.4, -0.2) is 0 Å². The Morgan fingerprint density at radius 1 is 0.789 bits per heavy atom. The Bertz CT molecular complexity index is 600. The molecule has 19 heavy (non-hydrogen) atoms. The molecule has 0 spiro atoms. The van der Waals surface area contributed by atoms with Gasteiger partial charge in [0.1, 0.15) is 0 Å². The minimum atomic E-state index is 1.23. The first-order chi connectivity index (χ1) is 9.45. The van der Waals surface area contributed by atoms with Crippen molar-refractivity contribution in [2.24, 2.45) is 0 Å². The van der Waals surface area contributed by atoms with Gasteiger partial charge in [0.2, 0.25) is 0 Å². The second kappa shape index (κ2) is 4.52. The first-order valence-electron chi connectivity index (χ1n) is 7.67. The Morgan fingerprint density at radius 3 is 2.63 bits per heavy atom. The van der Waals surface area contributed by atoms with E-state index in [0.29, 0.717) is 0 Å². The van der Waals surface area contributed by atoms with Crippen LogP contribution in [0, 0.1) is 0 Å². The van der Waals surface area contributed by atoms with Gasteiger partial charge in [-0.05, 0) is 78.4 Å². The van der Waals surface area contributed by atoms with Gasteiger partial charge in [0.15, 0.2) is 0 Å². The van der Waals surface area contributed by atoms with Crippen molar-refractivity contribution in [3.63, 3.8) is 0 Å². The highest BCUT2D eigenvalue weighted by molar-refractivity contribution is 5.74. The standard InChI is InChI=1S/C19H20/c1-2-8-14-9-4-5-13-18-16-11-7-6-10-15(16)17(12-3-1)19(14)18/h1-3,8,12-13H,4-7,9-11H2/b2-1?,3-1?,8-2?,12-3?,14-8-,17-12?. The van der Waals surface area contributed by atoms with E-state index >= 15 is 0 Å². The van der Waals surface area contributed by atoms with Crippen LogP contribution in [0.15, 0.2) is 69.9 Å². The molecule has 0 aliphatic heterocycles. The minimum Gasteiger partial charge on any atom is -0.0763 e. The van der Waals surface area contributed by atoms with Crippen molar-refractivity contribution in [1.82, 2.24) is 0 Å². The number of rotatable bonds is 0. The summed E-state index contributed by atoms with van der Waals surface area (Å²) < 4.78 is 0. The van der Waals surface area contributed by atoms with E-state index in [4.69, 9.17) is 0 Å². The van der Waals surface area contributed by atoms with E-state index in [1.165, 1.54) is 44.9 Å². The molecule has 0 saturated heterocycles. The van der Waals surface area contributed by atoms with Crippen LogP contribution >= 0.6 is 0 Å². The Morgan fingerprint density at radius 2 is 1.68 bits per heavy atom. The monoisotopic (exact) mass is 248 g/mol. The minimum absolute atomic E-state index is 1.23. The fourth-order valence-electron chi connectivity index (χ4n) is 3.92. The van der Waals surface area contributed by atoms with Gasteiger partial charge >= 0.3 is 0 Å². The first kappa shape index (κ1) is 11.3. The molecule has 0 aromatic heterocycles. The second-order valence-corrected chi connectivity index (χ2v) is 5.90. The van der Waals surface area contributed by atoms with Gasteiger partial charge in [-0.25, -0.2) is 0 Å². The van der Waals surface area contributed by atoms with E-state index in [1.807, 2.05) is 0 Å². The van der Waals surface area contributed by atoms with Crippen molar-refractivity contribution in [3.05, 3.63) is 69.9 Å². The highest BCUT2D eigenvalue weighted by atomic mass is 14.3. The zero-order valence-electron chi connectivity index (χ0n) is 11.4. The highest BCUT2D eigenvalue weighted by Crippen LogP contribution is 2.49. The van der Waals surface area contributed by atoms with Crippen LogP contribution in [0.3, 0.4) is 0 Å². The Balaban J connectivity index is 1.96. The third-order valence-electron chi connectivity index (χ3n) is 4.76. The topological polar surface area (TPSA) is 0 Å². The van der Waals surface area contributed by atoms with E-state index in [0.717, 1.165) is 0 Å². The highest BCUT2D eigenvalue weighted by Gasteiger charge is 2.31. The average Bonchev–Trinajstić information content (AvgIpc) is 2.58. The molecule has 0 radical (unpaired) electrons. The van der Waals surface area contributed by atoms with E-state index in [9.17, 15) is 0 Å². The Labute approximate surface area is 115 Å². The van der Waals surface area contributed by atoms with E-state index in [1.54, 1.807) is 33.4 Å². The van der Waals surface area contributed by atoms with Crippen LogP contribution in [0.25, 0.3) is 0 Å². The summed E-state index contributed by atoms with van der Waals surface area (Å²) in [5, 5.41) is 0. The average molecular weight is 248 g/mol. The van der Waals surface area contributed by atoms with E-state index in [-0.39, 0.29) is 0 Å². The lowest BCUT2D eigenvalue weighted by Gasteiger charge is -2.16. The van der Waals surface area contributed by atoms with Crippen molar-refractivity contribution in [1.29, 1.82) is 0 Å². The van der Waals surface area contributed by atoms with Crippen molar-refractivity contribution in [2.75, 3.05) is 0 Å². The molecule has 0 nitrogen and oxygen atoms in total. The second-order valence-electron chi connectivity index (χ2n) is 5.90. The summed E-state index contributed by atoms with van der Waals surface area (Å²) in [6.45, 7) is 0. The van der Waals surface area contributed by atoms with Crippen LogP contribution in [0.2, 0.25) is 0 Å². The fraction of sp³-hybridized carbons (Fsp3) is 0.368. The zero-order valence-corrected chi connectivity index (χ0v) is 11.4. The molecule has 0 heteroatoms. The molecule has 0 unspecified atom stereocenters. The lowest BCUT2D eigenvalue weighted by Crippen LogP contribution is -1.97. The zero-order chi connectivity index (χ0) is 12.7. The van der Waals surface area contributed by atoms with Gasteiger partial charge in [-0.15, -0.1) is 0 Å². The smallest absolute Gasteiger partial charge is 0.00768 e. The van der Waals surface area contributed by atoms with Gasteiger partial charge in [-0.2, -0.15) is 0 Å². The predicted molar refractivity (Wildman–Crippen MR) is 80.8 cm³/mol. The van der Waals surface area contributed by atoms with Crippen molar-refractivity contribution in [2.45, 2.75) is 44.9 Å². The molecule has 4 aliphatic rings. The van der Waals surface area contributed by atoms with Crippen LogP contribution < -0.4 is 0 Å². The van der Waals surface area contributed by atoms with Gasteiger partial charge in [0, 0.05) is 0 Å². The molecule has 0 aromatic rings. The predicted octanol–water partition coefficient (Wildman–Crippen LogP) is 5.33. The van der Waals surface area contributed by atoms with E-state index in [2.05, 4.69) is 36.5 Å². The lowest BCUT2D eigenvalue weighted by molar-refractivity contribution is 0.691. The Kier molecular flexibility index (Phi) is 2.69. The normalized spacial score (nSPS) is 28.0. The molecule has 96 valence electrons. The molecule has 4 rings (SSSR count). The molecule has 0 amide bonds. The quantitative estimate of drug-likeness (QED) is 0.543. The first-order valence-corrected chi connectivity index (χ1v) is 7.67. The molecular formula is C19H20. The van der Waals surface area contributed by atoms with Crippen LogP contribution in [-0.2, 0) is 0 Å². The summed E-state index contributed by atoms with van der Waals surface area (Å²) in [5.41, 5.74) is 9.60. The maximum Gasteiger partial charge on any atom is -0.00768 e. The maximum atomic E-state index is 2.52. The molecular weight excluding hydrogens is 228 g/mol. The van der Waals surface area contributed by atoms with E-state index < -0.39 is 0 Å². The lowest BCUT2D eigenvalue weighted by atomic mass is 9.89. The van der Waals surface area contributed by atoms with Gasteiger partial charge in [0.25, 0.3) is 0 Å². The maximum absolute atomic E-state index is 2.52. The van der Waals surface area contributed by atoms with Gasteiger partial charge in [-0.1, -0.05) is 36.5 Å². The number of allylic oxidation sites excluding steroid dienone is 12. The molecule has 0 aromatic carbocycles. The number of fused-ring (bicyclic) bond motifs is 2. The van der Waals surface area contributed by atoms with Gasteiger partial charge < -0.3 is 0 Å². The molecule has 0 fully saturated rings. The molecule has 0 bridgehead atoms. The Hall–Kier alpha value is -1.56. The SMILES string of the molecule is C1=C/C=C2/CCCC=C3C4=C(CCCC4)C(=C32)C=C1. The van der Waals surface area contributed by atoms with Gasteiger partial charge in [-0.3, -0.25) is 0 Å². The molecule has 0 atom stereocenters. The van der Waals surface area contributed by atoms with Crippen LogP contribution in [0.1, 0.15) is 44.9 Å². The molecule has 0 saturated carbocycles. The molecule has 4 aliphatic carbocycles. The third-order valence-corrected chi connectivity index (χ3v) is 4.76. The number of hydrogen-bond donors (Lipinski definition) is 0. The summed E-state index contributed by atoms with van der Waals surface area (Å²) in [7, 11) is 0. The summed E-state index contributed by atoms with van der Waals surface area (Å²) in [5.74, 6) is 0. The van der Waals surface area contributed by atoms with Crippen LogP contribution in [0.5, 0.6) is 0 Å². The van der Waals surface area contributed by atoms with Crippen molar-refractivity contribution >= 4 is 0 Å². The fourth-order valence-corrected chi connectivity index (χ4v) is 3.92. The summed E-state index contributed by atoms with van der Waals surface area (Å²) in [6.07, 6.45) is 22.9. The number of hydrogen-bond acceptors (Lipinski definition) is 0. The summed E-state index contributed by atoms with van der Waals surface area (Å²) in [4.78, 5) is 0. The van der Waals surface area contributed by atoms with Gasteiger partial charge in [0.05, 0.1) is 0 Å². The largest absolute Gasteiger partial charge is 0.0763 e. The van der Waals surface area contributed by atoms with Crippen molar-refractivity contribution < 1.29 is 0 Å². The van der Waals surface area contributed by atoms with Crippen molar-refractivity contribution in [3.8, 4) is 0 Å². The summed E-state index contributed by atoms with van der Waals surface area (Å²) >= 11 is 0. The summed E-state index contributed by atoms with van der Waals surface area (Å²) in [6, 6.07) is 0.